The highest BCUT2D eigenvalue weighted by Gasteiger charge is 2.42. The second-order valence-corrected chi connectivity index (χ2v) is 8.41. The molecule has 1 atom stereocenters. The molecule has 0 unspecified atom stereocenters. The minimum absolute atomic E-state index is 0.0285. The Bertz CT molecular complexity index is 1010. The second-order valence-electron chi connectivity index (χ2n) is 6.44. The van der Waals surface area contributed by atoms with E-state index in [1.54, 1.807) is 35.6 Å². The number of anilines is 1. The summed E-state index contributed by atoms with van der Waals surface area (Å²) in [5, 5.41) is 7.33. The number of primary sulfonamides is 1. The van der Waals surface area contributed by atoms with Crippen LogP contribution in [0.25, 0.3) is 0 Å². The van der Waals surface area contributed by atoms with Crippen molar-refractivity contribution in [2.45, 2.75) is 30.8 Å². The fourth-order valence-corrected chi connectivity index (χ4v) is 3.62. The van der Waals surface area contributed by atoms with Gasteiger partial charge in [-0.15, -0.1) is 0 Å². The lowest BCUT2D eigenvalue weighted by molar-refractivity contribution is -0.690. The number of hydrogen-bond donors (Lipinski definition) is 2. The van der Waals surface area contributed by atoms with Crippen molar-refractivity contribution in [3.05, 3.63) is 58.6 Å². The number of sulfonamides is 1. The number of carbonyl (C=O) groups excluding carboxylic acids is 2. The molecule has 2 aromatic rings. The molecule has 0 aliphatic carbocycles. The standard InChI is InChI=1S/C18H18ClN3O4S/c1-11-2-5-13(8-15(11)19)22-17(23)9-16(18(22)24)21-10-12-3-6-14(7-4-12)27(20,25)26/h2-8,16,21H,9-10H2,1H3,(H2,20,25,26)/p+1/t16-/m1/s1. The fourth-order valence-electron chi connectivity index (χ4n) is 2.93. The van der Waals surface area contributed by atoms with Crippen molar-refractivity contribution in [3.63, 3.8) is 0 Å². The molecule has 142 valence electrons. The van der Waals surface area contributed by atoms with Crippen LogP contribution >= 0.6 is 11.6 Å². The van der Waals surface area contributed by atoms with E-state index in [-0.39, 0.29) is 23.1 Å². The van der Waals surface area contributed by atoms with Crippen molar-refractivity contribution in [3.8, 4) is 0 Å². The number of imide groups is 1. The molecule has 0 radical (unpaired) electrons. The summed E-state index contributed by atoms with van der Waals surface area (Å²) in [5.74, 6) is -0.563. The van der Waals surface area contributed by atoms with Gasteiger partial charge in [0.05, 0.1) is 17.0 Å². The average Bonchev–Trinajstić information content (AvgIpc) is 2.89. The monoisotopic (exact) mass is 408 g/mol. The molecule has 1 fully saturated rings. The molecule has 0 bridgehead atoms. The Morgan fingerprint density at radius 3 is 2.44 bits per heavy atom. The van der Waals surface area contributed by atoms with Gasteiger partial charge in [0.25, 0.3) is 5.91 Å². The number of amides is 2. The number of carbonyl (C=O) groups is 2. The van der Waals surface area contributed by atoms with Crippen LogP contribution in [-0.4, -0.2) is 26.3 Å². The van der Waals surface area contributed by atoms with Crippen LogP contribution in [0.3, 0.4) is 0 Å². The van der Waals surface area contributed by atoms with Crippen LogP contribution in [0.2, 0.25) is 5.02 Å². The molecular weight excluding hydrogens is 390 g/mol. The van der Waals surface area contributed by atoms with E-state index < -0.39 is 16.1 Å². The third-order valence-corrected chi connectivity index (χ3v) is 5.82. The van der Waals surface area contributed by atoms with Gasteiger partial charge in [0.2, 0.25) is 15.9 Å². The maximum atomic E-state index is 12.7. The van der Waals surface area contributed by atoms with E-state index in [0.717, 1.165) is 16.0 Å². The molecule has 0 saturated carbocycles. The van der Waals surface area contributed by atoms with E-state index in [0.29, 0.717) is 17.3 Å². The lowest BCUT2D eigenvalue weighted by atomic mass is 10.2. The summed E-state index contributed by atoms with van der Waals surface area (Å²) in [4.78, 5) is 26.2. The lowest BCUT2D eigenvalue weighted by Crippen LogP contribution is -2.90. The Morgan fingerprint density at radius 1 is 1.19 bits per heavy atom. The van der Waals surface area contributed by atoms with Gasteiger partial charge in [-0.3, -0.25) is 9.59 Å². The van der Waals surface area contributed by atoms with E-state index in [4.69, 9.17) is 16.7 Å². The highest BCUT2D eigenvalue weighted by atomic mass is 35.5. The van der Waals surface area contributed by atoms with E-state index >= 15 is 0 Å². The molecular formula is C18H19ClN3O4S+. The van der Waals surface area contributed by atoms with Gasteiger partial charge in [0.1, 0.15) is 6.54 Å². The summed E-state index contributed by atoms with van der Waals surface area (Å²) in [6, 6.07) is 10.6. The van der Waals surface area contributed by atoms with Crippen LogP contribution in [0.4, 0.5) is 5.69 Å². The summed E-state index contributed by atoms with van der Waals surface area (Å²) >= 11 is 6.10. The predicted molar refractivity (Wildman–Crippen MR) is 101 cm³/mol. The quantitative estimate of drug-likeness (QED) is 0.708. The molecule has 3 rings (SSSR count). The highest BCUT2D eigenvalue weighted by Crippen LogP contribution is 2.26. The molecule has 2 aromatic carbocycles. The molecule has 0 aromatic heterocycles. The SMILES string of the molecule is Cc1ccc(N2C(=O)C[C@@H]([NH2+]Cc3ccc(S(N)(=O)=O)cc3)C2=O)cc1Cl. The van der Waals surface area contributed by atoms with Crippen molar-refractivity contribution >= 4 is 39.1 Å². The molecule has 1 aliphatic rings. The number of rotatable bonds is 5. The summed E-state index contributed by atoms with van der Waals surface area (Å²) in [5.41, 5.74) is 2.15. The summed E-state index contributed by atoms with van der Waals surface area (Å²) in [7, 11) is -3.74. The minimum Gasteiger partial charge on any atom is -0.332 e. The number of halogens is 1. The first kappa shape index (κ1) is 19.5. The Kier molecular flexibility index (Phi) is 5.34. The second kappa shape index (κ2) is 7.40. The Labute approximate surface area is 162 Å². The summed E-state index contributed by atoms with van der Waals surface area (Å²) in [6.45, 7) is 2.27. The largest absolute Gasteiger partial charge is 0.332 e. The van der Waals surface area contributed by atoms with Crippen LogP contribution in [-0.2, 0) is 26.2 Å². The number of benzene rings is 2. The van der Waals surface area contributed by atoms with Crippen LogP contribution in [0, 0.1) is 6.92 Å². The molecule has 2 amide bonds. The number of quaternary nitrogens is 1. The molecule has 27 heavy (non-hydrogen) atoms. The minimum atomic E-state index is -3.74. The topological polar surface area (TPSA) is 114 Å². The lowest BCUT2D eigenvalue weighted by Gasteiger charge is -2.15. The van der Waals surface area contributed by atoms with E-state index in [1.807, 2.05) is 6.92 Å². The molecule has 4 N–H and O–H groups in total. The van der Waals surface area contributed by atoms with Gasteiger partial charge in [-0.1, -0.05) is 29.8 Å². The van der Waals surface area contributed by atoms with Gasteiger partial charge < -0.3 is 5.32 Å². The number of nitrogens with two attached hydrogens (primary N) is 2. The van der Waals surface area contributed by atoms with Gasteiger partial charge in [-0.05, 0) is 36.8 Å². The van der Waals surface area contributed by atoms with E-state index in [9.17, 15) is 18.0 Å². The molecule has 7 nitrogen and oxygen atoms in total. The van der Waals surface area contributed by atoms with E-state index in [2.05, 4.69) is 0 Å². The van der Waals surface area contributed by atoms with Crippen LogP contribution in [0.1, 0.15) is 17.5 Å². The predicted octanol–water partition coefficient (Wildman–Crippen LogP) is 0.691. The van der Waals surface area contributed by atoms with Gasteiger partial charge >= 0.3 is 0 Å². The smallest absolute Gasteiger partial charge is 0.292 e. The molecule has 1 saturated heterocycles. The van der Waals surface area contributed by atoms with Crippen LogP contribution < -0.4 is 15.4 Å². The first-order valence-electron chi connectivity index (χ1n) is 8.25. The summed E-state index contributed by atoms with van der Waals surface area (Å²) in [6.07, 6.45) is 0.0968. The van der Waals surface area contributed by atoms with Gasteiger partial charge in [0, 0.05) is 10.6 Å². The third kappa shape index (κ3) is 4.19. The molecule has 1 aliphatic heterocycles. The van der Waals surface area contributed by atoms with Crippen molar-refractivity contribution in [1.82, 2.24) is 0 Å². The summed E-state index contributed by atoms with van der Waals surface area (Å²) < 4.78 is 22.6. The van der Waals surface area contributed by atoms with Crippen LogP contribution in [0.15, 0.2) is 47.4 Å². The van der Waals surface area contributed by atoms with Crippen molar-refractivity contribution in [2.24, 2.45) is 5.14 Å². The first-order valence-corrected chi connectivity index (χ1v) is 10.2. The normalized spacial score (nSPS) is 17.6. The van der Waals surface area contributed by atoms with Crippen molar-refractivity contribution in [1.29, 1.82) is 0 Å². The number of nitrogens with zero attached hydrogens (tertiary/aromatic N) is 1. The zero-order valence-electron chi connectivity index (χ0n) is 14.6. The highest BCUT2D eigenvalue weighted by molar-refractivity contribution is 7.89. The van der Waals surface area contributed by atoms with Gasteiger partial charge in [0.15, 0.2) is 6.04 Å². The average molecular weight is 409 g/mol. The third-order valence-electron chi connectivity index (χ3n) is 4.49. The first-order chi connectivity index (χ1) is 12.7. The maximum Gasteiger partial charge on any atom is 0.292 e. The van der Waals surface area contributed by atoms with Crippen molar-refractivity contribution < 1.29 is 23.3 Å². The fraction of sp³-hybridized carbons (Fsp3) is 0.222. The van der Waals surface area contributed by atoms with Crippen molar-refractivity contribution in [2.75, 3.05) is 4.90 Å². The Hall–Kier alpha value is -2.26. The van der Waals surface area contributed by atoms with Crippen LogP contribution in [0.5, 0.6) is 0 Å². The van der Waals surface area contributed by atoms with Gasteiger partial charge in [-0.25, -0.2) is 18.5 Å². The number of aryl methyl sites for hydroxylation is 1. The zero-order chi connectivity index (χ0) is 19.8. The van der Waals surface area contributed by atoms with E-state index in [1.165, 1.54) is 12.1 Å². The Balaban J connectivity index is 1.69. The molecule has 0 spiro atoms. The Morgan fingerprint density at radius 2 is 1.85 bits per heavy atom. The number of hydrogen-bond acceptors (Lipinski definition) is 4. The van der Waals surface area contributed by atoms with Gasteiger partial charge in [-0.2, -0.15) is 0 Å². The molecule has 1 heterocycles. The molecule has 9 heteroatoms. The maximum absolute atomic E-state index is 12.7. The zero-order valence-corrected chi connectivity index (χ0v) is 16.1.